The van der Waals surface area contributed by atoms with Crippen molar-refractivity contribution in [1.29, 1.82) is 0 Å². The fourth-order valence-corrected chi connectivity index (χ4v) is 4.31. The molecule has 0 atom stereocenters. The molecule has 0 unspecified atom stereocenters. The maximum Gasteiger partial charge on any atom is 0.239 e. The first-order valence-electron chi connectivity index (χ1n) is 12.8. The maximum atomic E-state index is 12.9. The summed E-state index contributed by atoms with van der Waals surface area (Å²) in [7, 11) is 1.70. The summed E-state index contributed by atoms with van der Waals surface area (Å²) in [6.07, 6.45) is 0. The fraction of sp³-hybridized carbons (Fsp3) is 0.357. The van der Waals surface area contributed by atoms with E-state index in [1.807, 2.05) is 48.5 Å². The number of nitrogens with one attached hydrogen (secondary N) is 3. The molecule has 1 saturated heterocycles. The molecular weight excluding hydrogens is 482 g/mol. The van der Waals surface area contributed by atoms with Gasteiger partial charge in [0.1, 0.15) is 17.4 Å². The molecule has 0 radical (unpaired) electrons. The molecule has 1 aliphatic heterocycles. The monoisotopic (exact) mass is 517 g/mol. The van der Waals surface area contributed by atoms with E-state index in [1.165, 1.54) is 12.5 Å². The molecule has 0 aliphatic carbocycles. The number of carbonyl (C=O) groups excluding carboxylic acids is 2. The van der Waals surface area contributed by atoms with Crippen LogP contribution in [0.25, 0.3) is 11.4 Å². The van der Waals surface area contributed by atoms with Crippen LogP contribution in [0, 0.1) is 0 Å². The summed E-state index contributed by atoms with van der Waals surface area (Å²) in [5.74, 6) is 2.21. The number of methoxy groups -OCH3 is 1. The van der Waals surface area contributed by atoms with Gasteiger partial charge in [0.2, 0.25) is 11.8 Å². The van der Waals surface area contributed by atoms with Gasteiger partial charge in [0.05, 0.1) is 13.7 Å². The van der Waals surface area contributed by atoms with Crippen LogP contribution in [0.15, 0.2) is 60.7 Å². The molecule has 1 aliphatic rings. The van der Waals surface area contributed by atoms with E-state index in [4.69, 9.17) is 4.74 Å². The number of anilines is 2. The van der Waals surface area contributed by atoms with E-state index in [2.05, 4.69) is 41.8 Å². The Hall–Kier alpha value is -4.02. The van der Waals surface area contributed by atoms with Gasteiger partial charge in [-0.2, -0.15) is 0 Å². The molecule has 10 heteroatoms. The minimum absolute atomic E-state index is 0.0898. The van der Waals surface area contributed by atoms with Crippen LogP contribution in [0.4, 0.5) is 11.6 Å². The zero-order valence-electron chi connectivity index (χ0n) is 21.9. The average molecular weight is 518 g/mol. The van der Waals surface area contributed by atoms with Crippen LogP contribution in [-0.2, 0) is 16.1 Å². The lowest BCUT2D eigenvalue weighted by atomic mass is 10.1. The first-order valence-corrected chi connectivity index (χ1v) is 12.8. The Kier molecular flexibility index (Phi) is 9.60. The van der Waals surface area contributed by atoms with Gasteiger partial charge in [0, 0.05) is 69.9 Å². The molecule has 1 fully saturated rings. The topological polar surface area (TPSA) is 112 Å². The molecule has 0 saturated carbocycles. The molecule has 3 N–H and O–H groups in total. The quantitative estimate of drug-likeness (QED) is 0.333. The number of benzene rings is 2. The molecule has 2 aromatic carbocycles. The van der Waals surface area contributed by atoms with Crippen molar-refractivity contribution < 1.29 is 14.3 Å². The van der Waals surface area contributed by atoms with E-state index in [0.717, 1.165) is 44.0 Å². The first kappa shape index (κ1) is 27.0. The molecule has 0 spiro atoms. The summed E-state index contributed by atoms with van der Waals surface area (Å²) in [6.45, 7) is 6.91. The van der Waals surface area contributed by atoms with Crippen LogP contribution in [0.5, 0.6) is 5.75 Å². The van der Waals surface area contributed by atoms with Gasteiger partial charge < -0.3 is 20.7 Å². The highest BCUT2D eigenvalue weighted by Gasteiger charge is 2.20. The van der Waals surface area contributed by atoms with Gasteiger partial charge >= 0.3 is 0 Å². The molecule has 200 valence electrons. The van der Waals surface area contributed by atoms with Crippen LogP contribution in [-0.4, -0.2) is 84.5 Å². The van der Waals surface area contributed by atoms with Crippen molar-refractivity contribution in [1.82, 2.24) is 25.1 Å². The second-order valence-corrected chi connectivity index (χ2v) is 9.15. The lowest BCUT2D eigenvalue weighted by molar-refractivity contribution is -0.119. The Morgan fingerprint density at radius 1 is 0.895 bits per heavy atom. The lowest BCUT2D eigenvalue weighted by Crippen LogP contribution is -2.48. The standard InChI is InChI=1S/C28H35N7O3/c1-21(36)29-12-13-30-25-18-26(33-28(32-25)22-8-4-3-5-9-22)31-27(37)20-35-16-14-34(15-17-35)19-23-10-6-7-11-24(23)38-2/h3-11,18H,12-17,19-20H2,1-2H3,(H,29,36)(H2,30,31,32,33,37). The van der Waals surface area contributed by atoms with Crippen molar-refractivity contribution in [2.24, 2.45) is 0 Å². The van der Waals surface area contributed by atoms with E-state index in [-0.39, 0.29) is 11.8 Å². The Morgan fingerprint density at radius 2 is 1.58 bits per heavy atom. The highest BCUT2D eigenvalue weighted by Crippen LogP contribution is 2.21. The number of ether oxygens (including phenoxy) is 1. The van der Waals surface area contributed by atoms with Crippen molar-refractivity contribution in [2.45, 2.75) is 13.5 Å². The van der Waals surface area contributed by atoms with Gasteiger partial charge in [0.15, 0.2) is 5.82 Å². The Labute approximate surface area is 223 Å². The van der Waals surface area contributed by atoms with Crippen LogP contribution in [0.1, 0.15) is 12.5 Å². The average Bonchev–Trinajstić information content (AvgIpc) is 2.93. The van der Waals surface area contributed by atoms with E-state index >= 15 is 0 Å². The van der Waals surface area contributed by atoms with E-state index in [9.17, 15) is 9.59 Å². The Balaban J connectivity index is 1.33. The molecule has 0 bridgehead atoms. The van der Waals surface area contributed by atoms with Gasteiger partial charge in [-0.25, -0.2) is 9.97 Å². The largest absolute Gasteiger partial charge is 0.496 e. The Morgan fingerprint density at radius 3 is 2.32 bits per heavy atom. The van der Waals surface area contributed by atoms with Crippen molar-refractivity contribution >= 4 is 23.5 Å². The summed E-state index contributed by atoms with van der Waals surface area (Å²) >= 11 is 0. The minimum atomic E-state index is -0.120. The molecule has 2 heterocycles. The van der Waals surface area contributed by atoms with Crippen molar-refractivity contribution in [3.05, 3.63) is 66.2 Å². The summed E-state index contributed by atoms with van der Waals surface area (Å²) in [5.41, 5.74) is 2.01. The number of hydrogen-bond acceptors (Lipinski definition) is 8. The number of aromatic nitrogens is 2. The van der Waals surface area contributed by atoms with Gasteiger partial charge in [-0.05, 0) is 6.07 Å². The molecule has 1 aromatic heterocycles. The molecule has 10 nitrogen and oxygen atoms in total. The number of amides is 2. The SMILES string of the molecule is COc1ccccc1CN1CCN(CC(=O)Nc2cc(NCCNC(C)=O)nc(-c3ccccc3)n2)CC1. The minimum Gasteiger partial charge on any atom is -0.496 e. The summed E-state index contributed by atoms with van der Waals surface area (Å²) in [5, 5.41) is 8.89. The first-order chi connectivity index (χ1) is 18.5. The Bertz CT molecular complexity index is 1210. The molecule has 4 rings (SSSR count). The van der Waals surface area contributed by atoms with Crippen LogP contribution in [0.2, 0.25) is 0 Å². The van der Waals surface area contributed by atoms with Crippen molar-refractivity contribution in [3.8, 4) is 17.1 Å². The zero-order chi connectivity index (χ0) is 26.7. The summed E-state index contributed by atoms with van der Waals surface area (Å²) < 4.78 is 5.48. The molecule has 3 aromatic rings. The van der Waals surface area contributed by atoms with Crippen LogP contribution < -0.4 is 20.7 Å². The lowest BCUT2D eigenvalue weighted by Gasteiger charge is -2.34. The zero-order valence-corrected chi connectivity index (χ0v) is 21.9. The van der Waals surface area contributed by atoms with Gasteiger partial charge in [-0.3, -0.25) is 19.4 Å². The maximum absolute atomic E-state index is 12.9. The third-order valence-electron chi connectivity index (χ3n) is 6.25. The number of nitrogens with zero attached hydrogens (tertiary/aromatic N) is 4. The number of carbonyl (C=O) groups is 2. The fourth-order valence-electron chi connectivity index (χ4n) is 4.31. The van der Waals surface area contributed by atoms with E-state index in [1.54, 1.807) is 13.2 Å². The number of hydrogen-bond donors (Lipinski definition) is 3. The molecule has 38 heavy (non-hydrogen) atoms. The van der Waals surface area contributed by atoms with Crippen molar-refractivity contribution in [3.63, 3.8) is 0 Å². The van der Waals surface area contributed by atoms with Gasteiger partial charge in [-0.1, -0.05) is 48.5 Å². The summed E-state index contributed by atoms with van der Waals surface area (Å²) in [6, 6.07) is 19.4. The second kappa shape index (κ2) is 13.5. The van der Waals surface area contributed by atoms with E-state index < -0.39 is 0 Å². The normalized spacial score (nSPS) is 14.1. The third-order valence-corrected chi connectivity index (χ3v) is 6.25. The van der Waals surface area contributed by atoms with Gasteiger partial charge in [-0.15, -0.1) is 0 Å². The van der Waals surface area contributed by atoms with Crippen molar-refractivity contribution in [2.75, 3.05) is 63.6 Å². The predicted molar refractivity (Wildman–Crippen MR) is 148 cm³/mol. The molecule has 2 amide bonds. The smallest absolute Gasteiger partial charge is 0.239 e. The summed E-state index contributed by atoms with van der Waals surface area (Å²) in [4.78, 5) is 37.7. The highest BCUT2D eigenvalue weighted by atomic mass is 16.5. The van der Waals surface area contributed by atoms with Crippen LogP contribution >= 0.6 is 0 Å². The van der Waals surface area contributed by atoms with Crippen LogP contribution in [0.3, 0.4) is 0 Å². The van der Waals surface area contributed by atoms with Gasteiger partial charge in [0.25, 0.3) is 0 Å². The second-order valence-electron chi connectivity index (χ2n) is 9.15. The molecular formula is C28H35N7O3. The third kappa shape index (κ3) is 7.99. The van der Waals surface area contributed by atoms with E-state index in [0.29, 0.717) is 37.1 Å². The predicted octanol–water partition coefficient (Wildman–Crippen LogP) is 2.46. The number of piperazine rings is 1. The highest BCUT2D eigenvalue weighted by molar-refractivity contribution is 5.92. The number of rotatable bonds is 11. The number of para-hydroxylation sites is 1.